The highest BCUT2D eigenvalue weighted by atomic mass is 32.2. The van der Waals surface area contributed by atoms with Gasteiger partial charge in [0, 0.05) is 6.07 Å². The van der Waals surface area contributed by atoms with Crippen LogP contribution < -0.4 is 9.46 Å². The molecule has 0 fully saturated rings. The number of rotatable bonds is 6. The maximum Gasteiger partial charge on any atom is 0.273 e. The highest BCUT2D eigenvalue weighted by Gasteiger charge is 2.14. The zero-order valence-corrected chi connectivity index (χ0v) is 13.5. The summed E-state index contributed by atoms with van der Waals surface area (Å²) in [5, 5.41) is 10.9. The molecular weight excluding hydrogens is 320 g/mol. The molecular formula is C15H16N2O5S. The molecule has 0 amide bonds. The topological polar surface area (TPSA) is 98.5 Å². The second kappa shape index (κ2) is 6.66. The number of hydrogen-bond acceptors (Lipinski definition) is 5. The highest BCUT2D eigenvalue weighted by Crippen LogP contribution is 2.30. The molecule has 0 atom stereocenters. The second-order valence-corrected chi connectivity index (χ2v) is 6.83. The number of non-ortho nitro benzene ring substituents is 1. The maximum absolute atomic E-state index is 11.4. The van der Waals surface area contributed by atoms with Crippen molar-refractivity contribution in [3.8, 4) is 5.75 Å². The summed E-state index contributed by atoms with van der Waals surface area (Å²) < 4.78 is 30.6. The van der Waals surface area contributed by atoms with Crippen LogP contribution in [0.2, 0.25) is 0 Å². The lowest BCUT2D eigenvalue weighted by Gasteiger charge is -2.12. The third-order valence-electron chi connectivity index (χ3n) is 2.99. The van der Waals surface area contributed by atoms with E-state index in [0.29, 0.717) is 0 Å². The van der Waals surface area contributed by atoms with Gasteiger partial charge < -0.3 is 4.74 Å². The number of nitrogens with zero attached hydrogens (tertiary/aromatic N) is 1. The highest BCUT2D eigenvalue weighted by molar-refractivity contribution is 7.92. The molecule has 0 radical (unpaired) electrons. The third kappa shape index (κ3) is 4.96. The molecule has 0 spiro atoms. The molecule has 0 saturated heterocycles. The summed E-state index contributed by atoms with van der Waals surface area (Å²) in [6.07, 6.45) is 0.998. The predicted octanol–water partition coefficient (Wildman–Crippen LogP) is 2.85. The molecule has 122 valence electrons. The summed E-state index contributed by atoms with van der Waals surface area (Å²) in [4.78, 5) is 10.3. The van der Waals surface area contributed by atoms with Gasteiger partial charge in [-0.1, -0.05) is 29.8 Å². The summed E-state index contributed by atoms with van der Waals surface area (Å²) in [6.45, 7) is 2.12. The van der Waals surface area contributed by atoms with E-state index in [4.69, 9.17) is 4.74 Å². The Kier molecular flexibility index (Phi) is 4.85. The van der Waals surface area contributed by atoms with E-state index in [1.807, 2.05) is 31.2 Å². The van der Waals surface area contributed by atoms with Gasteiger partial charge in [-0.25, -0.2) is 8.42 Å². The van der Waals surface area contributed by atoms with Gasteiger partial charge in [-0.15, -0.1) is 0 Å². The fourth-order valence-electron chi connectivity index (χ4n) is 1.87. The fourth-order valence-corrected chi connectivity index (χ4v) is 2.44. The maximum atomic E-state index is 11.4. The molecule has 2 aromatic rings. The minimum absolute atomic E-state index is 0.102. The van der Waals surface area contributed by atoms with Gasteiger partial charge in [0.2, 0.25) is 10.0 Å². The van der Waals surface area contributed by atoms with Crippen molar-refractivity contribution in [2.45, 2.75) is 13.5 Å². The van der Waals surface area contributed by atoms with Gasteiger partial charge in [-0.2, -0.15) is 0 Å². The van der Waals surface area contributed by atoms with E-state index in [1.165, 1.54) is 18.2 Å². The van der Waals surface area contributed by atoms with Crippen molar-refractivity contribution in [1.82, 2.24) is 0 Å². The minimum atomic E-state index is -3.52. The zero-order chi connectivity index (χ0) is 17.0. The van der Waals surface area contributed by atoms with E-state index in [2.05, 4.69) is 4.72 Å². The summed E-state index contributed by atoms with van der Waals surface area (Å²) >= 11 is 0. The minimum Gasteiger partial charge on any atom is -0.486 e. The molecule has 0 aliphatic rings. The van der Waals surface area contributed by atoms with E-state index in [0.717, 1.165) is 17.4 Å². The molecule has 2 rings (SSSR count). The largest absolute Gasteiger partial charge is 0.486 e. The Morgan fingerprint density at radius 2 is 1.83 bits per heavy atom. The van der Waals surface area contributed by atoms with Crippen molar-refractivity contribution in [2.24, 2.45) is 0 Å². The van der Waals surface area contributed by atoms with Crippen LogP contribution in [0, 0.1) is 17.0 Å². The first-order valence-corrected chi connectivity index (χ1v) is 8.58. The number of nitro groups is 1. The Balaban J connectivity index is 2.27. The summed E-state index contributed by atoms with van der Waals surface area (Å²) in [6, 6.07) is 11.3. The van der Waals surface area contributed by atoms with Gasteiger partial charge in [0.1, 0.15) is 6.61 Å². The first-order chi connectivity index (χ1) is 10.7. The lowest BCUT2D eigenvalue weighted by Crippen LogP contribution is -2.11. The molecule has 1 N–H and O–H groups in total. The van der Waals surface area contributed by atoms with Crippen LogP contribution in [0.3, 0.4) is 0 Å². The van der Waals surface area contributed by atoms with Gasteiger partial charge in [-0.05, 0) is 18.6 Å². The molecule has 2 aromatic carbocycles. The van der Waals surface area contributed by atoms with Crippen molar-refractivity contribution >= 4 is 21.4 Å². The zero-order valence-electron chi connectivity index (χ0n) is 12.6. The lowest BCUT2D eigenvalue weighted by atomic mass is 10.2. The lowest BCUT2D eigenvalue weighted by molar-refractivity contribution is -0.384. The molecule has 7 nitrogen and oxygen atoms in total. The van der Waals surface area contributed by atoms with E-state index >= 15 is 0 Å². The van der Waals surface area contributed by atoms with Gasteiger partial charge in [0.05, 0.1) is 22.9 Å². The Morgan fingerprint density at radius 3 is 2.39 bits per heavy atom. The molecule has 0 aliphatic carbocycles. The molecule has 8 heteroatoms. The normalized spacial score (nSPS) is 11.0. The van der Waals surface area contributed by atoms with Gasteiger partial charge >= 0.3 is 0 Å². The predicted molar refractivity (Wildman–Crippen MR) is 87.1 cm³/mol. The SMILES string of the molecule is Cc1ccc(COc2cc([N+](=O)[O-])ccc2NS(C)(=O)=O)cc1. The summed E-state index contributed by atoms with van der Waals surface area (Å²) in [5.74, 6) is 0.102. The molecule has 0 aromatic heterocycles. The van der Waals surface area contributed by atoms with Crippen molar-refractivity contribution in [3.63, 3.8) is 0 Å². The molecule has 0 saturated carbocycles. The quantitative estimate of drug-likeness (QED) is 0.646. The number of anilines is 1. The van der Waals surface area contributed by atoms with Crippen LogP contribution in [-0.2, 0) is 16.6 Å². The first-order valence-electron chi connectivity index (χ1n) is 6.69. The van der Waals surface area contributed by atoms with E-state index < -0.39 is 14.9 Å². The van der Waals surface area contributed by atoms with Crippen LogP contribution in [0.25, 0.3) is 0 Å². The van der Waals surface area contributed by atoms with Gasteiger partial charge in [0.25, 0.3) is 5.69 Å². The van der Waals surface area contributed by atoms with Crippen molar-refractivity contribution < 1.29 is 18.1 Å². The third-order valence-corrected chi connectivity index (χ3v) is 3.58. The fraction of sp³-hybridized carbons (Fsp3) is 0.200. The number of nitro benzene ring substituents is 1. The van der Waals surface area contributed by atoms with Crippen molar-refractivity contribution in [2.75, 3.05) is 11.0 Å². The smallest absolute Gasteiger partial charge is 0.273 e. The van der Waals surface area contributed by atoms with Crippen molar-refractivity contribution in [1.29, 1.82) is 0 Å². The number of aryl methyl sites for hydroxylation is 1. The standard InChI is InChI=1S/C15H16N2O5S/c1-11-3-5-12(6-4-11)10-22-15-9-13(17(18)19)7-8-14(15)16-23(2,20)21/h3-9,16H,10H2,1-2H3. The van der Waals surface area contributed by atoms with Crippen molar-refractivity contribution in [3.05, 3.63) is 63.7 Å². The van der Waals surface area contributed by atoms with E-state index in [-0.39, 0.29) is 23.7 Å². The number of benzene rings is 2. The Labute approximate surface area is 134 Å². The molecule has 0 unspecified atom stereocenters. The number of hydrogen-bond donors (Lipinski definition) is 1. The molecule has 0 heterocycles. The number of sulfonamides is 1. The number of ether oxygens (including phenoxy) is 1. The molecule has 23 heavy (non-hydrogen) atoms. The molecule has 0 aliphatic heterocycles. The van der Waals surface area contributed by atoms with Crippen LogP contribution >= 0.6 is 0 Å². The summed E-state index contributed by atoms with van der Waals surface area (Å²) in [7, 11) is -3.52. The Bertz CT molecular complexity index is 816. The van der Waals surface area contributed by atoms with Crippen LogP contribution in [0.5, 0.6) is 5.75 Å². The average Bonchev–Trinajstić information content (AvgIpc) is 2.46. The second-order valence-electron chi connectivity index (χ2n) is 5.09. The monoisotopic (exact) mass is 336 g/mol. The van der Waals surface area contributed by atoms with Crippen LogP contribution in [-0.4, -0.2) is 19.6 Å². The van der Waals surface area contributed by atoms with Crippen LogP contribution in [0.1, 0.15) is 11.1 Å². The van der Waals surface area contributed by atoms with Crippen LogP contribution in [0.15, 0.2) is 42.5 Å². The van der Waals surface area contributed by atoms with Gasteiger partial charge in [0.15, 0.2) is 5.75 Å². The first kappa shape index (κ1) is 16.8. The van der Waals surface area contributed by atoms with Gasteiger partial charge in [-0.3, -0.25) is 14.8 Å². The van der Waals surface area contributed by atoms with E-state index in [9.17, 15) is 18.5 Å². The average molecular weight is 336 g/mol. The summed E-state index contributed by atoms with van der Waals surface area (Å²) in [5.41, 5.74) is 1.95. The molecule has 0 bridgehead atoms. The Hall–Kier alpha value is -2.61. The van der Waals surface area contributed by atoms with Crippen LogP contribution in [0.4, 0.5) is 11.4 Å². The van der Waals surface area contributed by atoms with E-state index in [1.54, 1.807) is 0 Å². The number of nitrogens with one attached hydrogen (secondary N) is 1. The Morgan fingerprint density at radius 1 is 1.17 bits per heavy atom.